The first-order valence-corrected chi connectivity index (χ1v) is 11.2. The molecule has 1 atom stereocenters. The lowest BCUT2D eigenvalue weighted by Crippen LogP contribution is -2.41. The van der Waals surface area contributed by atoms with E-state index in [0.29, 0.717) is 23.8 Å². The van der Waals surface area contributed by atoms with E-state index in [4.69, 9.17) is 0 Å². The van der Waals surface area contributed by atoms with Gasteiger partial charge in [0, 0.05) is 18.5 Å². The van der Waals surface area contributed by atoms with Crippen LogP contribution in [0, 0.1) is 11.8 Å². The van der Waals surface area contributed by atoms with E-state index in [0.717, 1.165) is 25.9 Å². The maximum Gasteiger partial charge on any atom is 0.241 e. The van der Waals surface area contributed by atoms with Gasteiger partial charge in [0.1, 0.15) is 0 Å². The first-order valence-electron chi connectivity index (χ1n) is 9.68. The van der Waals surface area contributed by atoms with Crippen molar-refractivity contribution in [3.63, 3.8) is 0 Å². The smallest absolute Gasteiger partial charge is 0.241 e. The van der Waals surface area contributed by atoms with Gasteiger partial charge in [-0.1, -0.05) is 25.1 Å². The molecule has 8 heteroatoms. The van der Waals surface area contributed by atoms with Crippen LogP contribution < -0.4 is 15.4 Å². The number of nitrogens with one attached hydrogen (secondary N) is 3. The molecule has 1 unspecified atom stereocenters. The Morgan fingerprint density at radius 3 is 2.43 bits per heavy atom. The van der Waals surface area contributed by atoms with Gasteiger partial charge < -0.3 is 10.6 Å². The highest BCUT2D eigenvalue weighted by Gasteiger charge is 2.25. The van der Waals surface area contributed by atoms with Gasteiger partial charge in [-0.15, -0.1) is 12.4 Å². The Morgan fingerprint density at radius 2 is 1.82 bits per heavy atom. The highest BCUT2D eigenvalue weighted by atomic mass is 35.5. The number of benzene rings is 1. The number of carbonyl (C=O) groups excluding carboxylic acids is 1. The van der Waals surface area contributed by atoms with Gasteiger partial charge in [-0.2, -0.15) is 0 Å². The van der Waals surface area contributed by atoms with Crippen LogP contribution in [0.4, 0.5) is 0 Å². The zero-order valence-electron chi connectivity index (χ0n) is 17.2. The summed E-state index contributed by atoms with van der Waals surface area (Å²) < 4.78 is 28.0. The molecule has 0 bridgehead atoms. The summed E-state index contributed by atoms with van der Waals surface area (Å²) in [5.74, 6) is 0.867. The monoisotopic (exact) mass is 431 g/mol. The maximum absolute atomic E-state index is 12.7. The molecule has 1 aliphatic rings. The molecule has 6 nitrogen and oxygen atoms in total. The topological polar surface area (TPSA) is 87.3 Å². The molecule has 1 aliphatic heterocycles. The molecule has 1 aromatic carbocycles. The predicted molar refractivity (Wildman–Crippen MR) is 115 cm³/mol. The molecule has 1 heterocycles. The van der Waals surface area contributed by atoms with Crippen LogP contribution in [0.1, 0.15) is 52.5 Å². The normalized spacial score (nSPS) is 16.9. The zero-order valence-corrected chi connectivity index (χ0v) is 18.9. The molecule has 0 spiro atoms. The Balaban J connectivity index is 0.00000392. The molecular weight excluding hydrogens is 398 g/mol. The predicted octanol–water partition coefficient (Wildman–Crippen LogP) is 2.83. The molecule has 1 fully saturated rings. The standard InChI is InChI=1S/C20H33N3O3S.ClH/c1-15(16-9-11-21-12-10-16)13-19(24)22-14-17-7-5-6-8-18(17)27(25,26)23-20(2,3)4;/h5-8,15-16,21,23H,9-14H2,1-4H3,(H,22,24);1H. The number of piperidine rings is 1. The number of hydrogen-bond acceptors (Lipinski definition) is 4. The van der Waals surface area contributed by atoms with E-state index in [9.17, 15) is 13.2 Å². The van der Waals surface area contributed by atoms with Gasteiger partial charge in [-0.3, -0.25) is 4.79 Å². The first-order chi connectivity index (χ1) is 12.6. The van der Waals surface area contributed by atoms with E-state index in [1.165, 1.54) is 0 Å². The molecule has 3 N–H and O–H groups in total. The van der Waals surface area contributed by atoms with Crippen LogP contribution in [-0.4, -0.2) is 33.0 Å². The summed E-state index contributed by atoms with van der Waals surface area (Å²) in [6.07, 6.45) is 2.68. The summed E-state index contributed by atoms with van der Waals surface area (Å²) in [6.45, 7) is 9.77. The largest absolute Gasteiger partial charge is 0.352 e. The second-order valence-electron chi connectivity index (χ2n) is 8.51. The van der Waals surface area contributed by atoms with Gasteiger partial charge >= 0.3 is 0 Å². The van der Waals surface area contributed by atoms with Crippen LogP contribution in [0.25, 0.3) is 0 Å². The summed E-state index contributed by atoms with van der Waals surface area (Å²) in [7, 11) is -3.64. The fraction of sp³-hybridized carbons (Fsp3) is 0.650. The highest BCUT2D eigenvalue weighted by molar-refractivity contribution is 7.89. The van der Waals surface area contributed by atoms with Crippen LogP contribution >= 0.6 is 12.4 Å². The Hall–Kier alpha value is -1.15. The van der Waals surface area contributed by atoms with Crippen molar-refractivity contribution in [1.82, 2.24) is 15.4 Å². The van der Waals surface area contributed by atoms with Crippen molar-refractivity contribution in [1.29, 1.82) is 0 Å². The average molecular weight is 432 g/mol. The van der Waals surface area contributed by atoms with Gasteiger partial charge in [-0.25, -0.2) is 13.1 Å². The summed E-state index contributed by atoms with van der Waals surface area (Å²) in [5.41, 5.74) is 0.0246. The summed E-state index contributed by atoms with van der Waals surface area (Å²) in [5, 5.41) is 6.24. The third kappa shape index (κ3) is 7.70. The van der Waals surface area contributed by atoms with Crippen LogP contribution in [0.15, 0.2) is 29.2 Å². The van der Waals surface area contributed by atoms with E-state index in [1.54, 1.807) is 45.0 Å². The second-order valence-corrected chi connectivity index (χ2v) is 10.2. The van der Waals surface area contributed by atoms with Crippen LogP contribution in [0.3, 0.4) is 0 Å². The van der Waals surface area contributed by atoms with Crippen molar-refractivity contribution in [2.45, 2.75) is 63.9 Å². The minimum atomic E-state index is -3.64. The van der Waals surface area contributed by atoms with Crippen molar-refractivity contribution >= 4 is 28.3 Å². The van der Waals surface area contributed by atoms with E-state index < -0.39 is 15.6 Å². The van der Waals surface area contributed by atoms with Crippen LogP contribution in [0.5, 0.6) is 0 Å². The number of sulfonamides is 1. The van der Waals surface area contributed by atoms with E-state index in [2.05, 4.69) is 22.3 Å². The van der Waals surface area contributed by atoms with Crippen LogP contribution in [0.2, 0.25) is 0 Å². The van der Waals surface area contributed by atoms with Crippen molar-refractivity contribution in [3.8, 4) is 0 Å². The highest BCUT2D eigenvalue weighted by Crippen LogP contribution is 2.24. The Bertz CT molecular complexity index is 741. The molecule has 0 aromatic heterocycles. The Labute approximate surface area is 175 Å². The van der Waals surface area contributed by atoms with Crippen molar-refractivity contribution in [3.05, 3.63) is 29.8 Å². The molecule has 1 amide bonds. The molecule has 0 saturated carbocycles. The minimum Gasteiger partial charge on any atom is -0.352 e. The van der Waals surface area contributed by atoms with Crippen molar-refractivity contribution < 1.29 is 13.2 Å². The number of amides is 1. The molecular formula is C20H34ClN3O3S. The Morgan fingerprint density at radius 1 is 1.21 bits per heavy atom. The molecule has 0 radical (unpaired) electrons. The SMILES string of the molecule is CC(CC(=O)NCc1ccccc1S(=O)(=O)NC(C)(C)C)C1CCNCC1.Cl. The molecule has 28 heavy (non-hydrogen) atoms. The van der Waals surface area contributed by atoms with Crippen molar-refractivity contribution in [2.75, 3.05) is 13.1 Å². The number of halogens is 1. The Kier molecular flexibility index (Phi) is 9.40. The number of rotatable bonds is 7. The quantitative estimate of drug-likeness (QED) is 0.619. The van der Waals surface area contributed by atoms with E-state index in [-0.39, 0.29) is 29.8 Å². The number of hydrogen-bond donors (Lipinski definition) is 3. The summed E-state index contributed by atoms with van der Waals surface area (Å²) in [6, 6.07) is 6.80. The lowest BCUT2D eigenvalue weighted by molar-refractivity contribution is -0.122. The fourth-order valence-electron chi connectivity index (χ4n) is 3.51. The molecule has 160 valence electrons. The molecule has 1 saturated heterocycles. The lowest BCUT2D eigenvalue weighted by Gasteiger charge is -2.28. The van der Waals surface area contributed by atoms with Crippen LogP contribution in [-0.2, 0) is 21.4 Å². The van der Waals surface area contributed by atoms with Crippen molar-refractivity contribution in [2.24, 2.45) is 11.8 Å². The lowest BCUT2D eigenvalue weighted by atomic mass is 9.84. The zero-order chi connectivity index (χ0) is 20.1. The average Bonchev–Trinajstić information content (AvgIpc) is 2.59. The van der Waals surface area contributed by atoms with E-state index >= 15 is 0 Å². The number of carbonyl (C=O) groups is 1. The molecule has 1 aromatic rings. The third-order valence-corrected chi connectivity index (χ3v) is 6.73. The van der Waals surface area contributed by atoms with Gasteiger partial charge in [0.2, 0.25) is 15.9 Å². The van der Waals surface area contributed by atoms with Gasteiger partial charge in [0.05, 0.1) is 4.90 Å². The third-order valence-electron chi connectivity index (χ3n) is 4.87. The summed E-state index contributed by atoms with van der Waals surface area (Å²) >= 11 is 0. The first kappa shape index (κ1) is 24.9. The minimum absolute atomic E-state index is 0. The molecule has 0 aliphatic carbocycles. The van der Waals surface area contributed by atoms with Gasteiger partial charge in [-0.05, 0) is 70.2 Å². The van der Waals surface area contributed by atoms with Gasteiger partial charge in [0.15, 0.2) is 0 Å². The second kappa shape index (κ2) is 10.6. The van der Waals surface area contributed by atoms with E-state index in [1.807, 2.05) is 0 Å². The molecule has 2 rings (SSSR count). The fourth-order valence-corrected chi connectivity index (χ4v) is 5.17. The summed E-state index contributed by atoms with van der Waals surface area (Å²) in [4.78, 5) is 12.6. The maximum atomic E-state index is 12.7. The van der Waals surface area contributed by atoms with Gasteiger partial charge in [0.25, 0.3) is 0 Å².